The zero-order valence-corrected chi connectivity index (χ0v) is 13.3. The third kappa shape index (κ3) is 5.12. The first-order valence-corrected chi connectivity index (χ1v) is 8.26. The van der Waals surface area contributed by atoms with Gasteiger partial charge in [0.25, 0.3) is 0 Å². The van der Waals surface area contributed by atoms with Gasteiger partial charge in [0, 0.05) is 25.0 Å². The van der Waals surface area contributed by atoms with E-state index >= 15 is 0 Å². The van der Waals surface area contributed by atoms with E-state index in [1.807, 2.05) is 0 Å². The van der Waals surface area contributed by atoms with Gasteiger partial charge < -0.3 is 10.1 Å². The highest BCUT2D eigenvalue weighted by molar-refractivity contribution is 5.81. The Kier molecular flexibility index (Phi) is 4.99. The standard InChI is InChI=1S/C17H21F3N2O2/c18-17(19,20)24-15-7-3-12(4-8-15)10-22-9-1-2-14(11-22)21-16(23)13-5-6-13/h3-4,7-8,13-14H,1-2,5-6,9-11H2,(H,21,23). The summed E-state index contributed by atoms with van der Waals surface area (Å²) in [6.45, 7) is 2.36. The predicted octanol–water partition coefficient (Wildman–Crippen LogP) is 3.08. The Morgan fingerprint density at radius 1 is 1.21 bits per heavy atom. The monoisotopic (exact) mass is 342 g/mol. The van der Waals surface area contributed by atoms with Crippen LogP contribution in [0.15, 0.2) is 24.3 Å². The van der Waals surface area contributed by atoms with Crippen molar-refractivity contribution < 1.29 is 22.7 Å². The van der Waals surface area contributed by atoms with Gasteiger partial charge in [0.05, 0.1) is 0 Å². The predicted molar refractivity (Wildman–Crippen MR) is 82.3 cm³/mol. The first-order valence-electron chi connectivity index (χ1n) is 8.26. The summed E-state index contributed by atoms with van der Waals surface area (Å²) in [5, 5.41) is 3.11. The molecule has 24 heavy (non-hydrogen) atoms. The van der Waals surface area contributed by atoms with Crippen LogP contribution in [0.3, 0.4) is 0 Å². The number of carbonyl (C=O) groups is 1. The lowest BCUT2D eigenvalue weighted by Crippen LogP contribution is -2.47. The fourth-order valence-corrected chi connectivity index (χ4v) is 3.04. The molecule has 1 heterocycles. The SMILES string of the molecule is O=C(NC1CCCN(Cc2ccc(OC(F)(F)F)cc2)C1)C1CC1. The van der Waals surface area contributed by atoms with Crippen molar-refractivity contribution in [3.8, 4) is 5.75 Å². The smallest absolute Gasteiger partial charge is 0.406 e. The number of benzene rings is 1. The summed E-state index contributed by atoms with van der Waals surface area (Å²) in [7, 11) is 0. The Balaban J connectivity index is 1.50. The molecule has 132 valence electrons. The number of ether oxygens (including phenoxy) is 1. The Bertz CT molecular complexity index is 570. The third-order valence-electron chi connectivity index (χ3n) is 4.36. The second-order valence-corrected chi connectivity index (χ2v) is 6.55. The summed E-state index contributed by atoms with van der Waals surface area (Å²) in [6.07, 6.45) is -0.692. The molecule has 1 saturated carbocycles. The third-order valence-corrected chi connectivity index (χ3v) is 4.36. The summed E-state index contributed by atoms with van der Waals surface area (Å²) in [5.41, 5.74) is 0.929. The van der Waals surface area contributed by atoms with Gasteiger partial charge in [-0.25, -0.2) is 0 Å². The number of alkyl halides is 3. The number of likely N-dealkylation sites (tertiary alicyclic amines) is 1. The second-order valence-electron chi connectivity index (χ2n) is 6.55. The van der Waals surface area contributed by atoms with E-state index < -0.39 is 6.36 Å². The average Bonchev–Trinajstić information content (AvgIpc) is 3.33. The van der Waals surface area contributed by atoms with Gasteiger partial charge in [0.15, 0.2) is 0 Å². The van der Waals surface area contributed by atoms with Crippen LogP contribution in [0.1, 0.15) is 31.2 Å². The largest absolute Gasteiger partial charge is 0.573 e. The van der Waals surface area contributed by atoms with Crippen LogP contribution in [0.2, 0.25) is 0 Å². The van der Waals surface area contributed by atoms with E-state index in [2.05, 4.69) is 15.0 Å². The zero-order valence-electron chi connectivity index (χ0n) is 13.3. The first-order chi connectivity index (χ1) is 11.4. The lowest BCUT2D eigenvalue weighted by atomic mass is 10.0. The molecule has 0 aromatic heterocycles. The fourth-order valence-electron chi connectivity index (χ4n) is 3.04. The van der Waals surface area contributed by atoms with Crippen LogP contribution >= 0.6 is 0 Å². The molecule has 1 unspecified atom stereocenters. The van der Waals surface area contributed by atoms with Crippen molar-refractivity contribution in [2.24, 2.45) is 5.92 Å². The van der Waals surface area contributed by atoms with Crippen molar-refractivity contribution in [3.05, 3.63) is 29.8 Å². The lowest BCUT2D eigenvalue weighted by Gasteiger charge is -2.33. The van der Waals surface area contributed by atoms with E-state index in [9.17, 15) is 18.0 Å². The number of nitrogens with zero attached hydrogens (tertiary/aromatic N) is 1. The molecule has 1 atom stereocenters. The molecular weight excluding hydrogens is 321 g/mol. The molecule has 2 fully saturated rings. The Hall–Kier alpha value is -1.76. The highest BCUT2D eigenvalue weighted by Gasteiger charge is 2.32. The van der Waals surface area contributed by atoms with Gasteiger partial charge in [-0.3, -0.25) is 9.69 Å². The van der Waals surface area contributed by atoms with Crippen molar-refractivity contribution in [1.29, 1.82) is 0 Å². The normalized spacial score (nSPS) is 22.2. The van der Waals surface area contributed by atoms with Crippen LogP contribution in [0.25, 0.3) is 0 Å². The summed E-state index contributed by atoms with van der Waals surface area (Å²) >= 11 is 0. The maximum absolute atomic E-state index is 12.2. The quantitative estimate of drug-likeness (QED) is 0.894. The van der Waals surface area contributed by atoms with Gasteiger partial charge in [0.2, 0.25) is 5.91 Å². The molecular formula is C17H21F3N2O2. The van der Waals surface area contributed by atoms with Gasteiger partial charge in [-0.2, -0.15) is 0 Å². The molecule has 7 heteroatoms. The van der Waals surface area contributed by atoms with Crippen LogP contribution in [0, 0.1) is 5.92 Å². The highest BCUT2D eigenvalue weighted by Crippen LogP contribution is 2.29. The van der Waals surface area contributed by atoms with E-state index in [-0.39, 0.29) is 23.6 Å². The molecule has 1 saturated heterocycles. The van der Waals surface area contributed by atoms with Crippen molar-refractivity contribution in [2.45, 2.75) is 44.6 Å². The maximum atomic E-state index is 12.2. The van der Waals surface area contributed by atoms with Gasteiger partial charge in [-0.1, -0.05) is 12.1 Å². The van der Waals surface area contributed by atoms with Crippen LogP contribution < -0.4 is 10.1 Å². The number of amides is 1. The van der Waals surface area contributed by atoms with E-state index in [4.69, 9.17) is 0 Å². The number of hydrogen-bond donors (Lipinski definition) is 1. The van der Waals surface area contributed by atoms with E-state index in [0.29, 0.717) is 6.54 Å². The summed E-state index contributed by atoms with van der Waals surface area (Å²) in [6, 6.07) is 6.12. The minimum Gasteiger partial charge on any atom is -0.406 e. The molecule has 1 aliphatic carbocycles. The van der Waals surface area contributed by atoms with Crippen LogP contribution in [0.5, 0.6) is 5.75 Å². The Morgan fingerprint density at radius 3 is 2.54 bits per heavy atom. The molecule has 0 radical (unpaired) electrons. The number of nitrogens with one attached hydrogen (secondary N) is 1. The highest BCUT2D eigenvalue weighted by atomic mass is 19.4. The molecule has 0 bridgehead atoms. The molecule has 1 N–H and O–H groups in total. The molecule has 0 spiro atoms. The van der Waals surface area contributed by atoms with Gasteiger partial charge >= 0.3 is 6.36 Å². The van der Waals surface area contributed by atoms with E-state index in [0.717, 1.165) is 44.3 Å². The van der Waals surface area contributed by atoms with Crippen molar-refractivity contribution in [3.63, 3.8) is 0 Å². The van der Waals surface area contributed by atoms with Gasteiger partial charge in [-0.05, 0) is 49.9 Å². The van der Waals surface area contributed by atoms with Gasteiger partial charge in [-0.15, -0.1) is 13.2 Å². The van der Waals surface area contributed by atoms with Gasteiger partial charge in [0.1, 0.15) is 5.75 Å². The lowest BCUT2D eigenvalue weighted by molar-refractivity contribution is -0.274. The van der Waals surface area contributed by atoms with Crippen LogP contribution in [-0.4, -0.2) is 36.3 Å². The summed E-state index contributed by atoms with van der Waals surface area (Å²) < 4.78 is 40.3. The summed E-state index contributed by atoms with van der Waals surface area (Å²) in [5.74, 6) is 0.163. The minimum atomic E-state index is -4.67. The molecule has 1 aromatic carbocycles. The Labute approximate surface area is 139 Å². The second kappa shape index (κ2) is 7.01. The fraction of sp³-hybridized carbons (Fsp3) is 0.588. The molecule has 1 aromatic rings. The van der Waals surface area contributed by atoms with Crippen molar-refractivity contribution in [1.82, 2.24) is 10.2 Å². The van der Waals surface area contributed by atoms with Crippen LogP contribution in [0.4, 0.5) is 13.2 Å². The number of piperidine rings is 1. The maximum Gasteiger partial charge on any atom is 0.573 e. The topological polar surface area (TPSA) is 41.6 Å². The molecule has 4 nitrogen and oxygen atoms in total. The summed E-state index contributed by atoms with van der Waals surface area (Å²) in [4.78, 5) is 14.1. The van der Waals surface area contributed by atoms with Crippen LogP contribution in [-0.2, 0) is 11.3 Å². The first kappa shape index (κ1) is 17.1. The number of halogens is 3. The molecule has 3 rings (SSSR count). The average molecular weight is 342 g/mol. The Morgan fingerprint density at radius 2 is 1.92 bits per heavy atom. The van der Waals surface area contributed by atoms with E-state index in [1.54, 1.807) is 12.1 Å². The van der Waals surface area contributed by atoms with Crippen molar-refractivity contribution in [2.75, 3.05) is 13.1 Å². The molecule has 1 amide bonds. The number of rotatable bonds is 5. The minimum absolute atomic E-state index is 0.163. The number of carbonyl (C=O) groups excluding carboxylic acids is 1. The number of hydrogen-bond acceptors (Lipinski definition) is 3. The zero-order chi connectivity index (χ0) is 17.2. The van der Waals surface area contributed by atoms with Crippen molar-refractivity contribution >= 4 is 5.91 Å². The molecule has 1 aliphatic heterocycles. The molecule has 2 aliphatic rings. The van der Waals surface area contributed by atoms with E-state index in [1.165, 1.54) is 12.1 Å².